The lowest BCUT2D eigenvalue weighted by Crippen LogP contribution is -2.29. The molecule has 0 bridgehead atoms. The Kier molecular flexibility index (Phi) is 8.94. The maximum Gasteiger partial charge on any atom is 0.227 e. The van der Waals surface area contributed by atoms with Gasteiger partial charge in [0, 0.05) is 45.3 Å². The van der Waals surface area contributed by atoms with Crippen LogP contribution >= 0.6 is 32.7 Å². The van der Waals surface area contributed by atoms with Crippen LogP contribution < -0.4 is 15.9 Å². The van der Waals surface area contributed by atoms with Gasteiger partial charge in [0.1, 0.15) is 11.4 Å². The first kappa shape index (κ1) is 27.9. The normalized spacial score (nSPS) is 17.2. The molecule has 38 heavy (non-hydrogen) atoms. The van der Waals surface area contributed by atoms with Gasteiger partial charge in [0.05, 0.1) is 5.70 Å². The third kappa shape index (κ3) is 6.13. The van der Waals surface area contributed by atoms with Crippen molar-refractivity contribution in [2.75, 3.05) is 39.3 Å². The predicted molar refractivity (Wildman–Crippen MR) is 159 cm³/mol. The van der Waals surface area contributed by atoms with Gasteiger partial charge in [0.25, 0.3) is 0 Å². The molecule has 0 atom stereocenters. The molecule has 1 aliphatic carbocycles. The maximum atomic E-state index is 12.4. The van der Waals surface area contributed by atoms with Crippen LogP contribution in [0.3, 0.4) is 0 Å². The molecule has 0 saturated carbocycles. The first-order valence-electron chi connectivity index (χ1n) is 12.5. The van der Waals surface area contributed by atoms with E-state index >= 15 is 0 Å². The van der Waals surface area contributed by atoms with Gasteiger partial charge in [-0.25, -0.2) is 0 Å². The quantitative estimate of drug-likeness (QED) is 0.260. The number of carbonyl (C=O) groups is 2. The molecule has 3 saturated heterocycles. The summed E-state index contributed by atoms with van der Waals surface area (Å²) in [6.45, 7) is 5.41. The molecule has 3 aliphatic heterocycles. The molecule has 4 aliphatic rings. The van der Waals surface area contributed by atoms with Crippen molar-refractivity contribution < 1.29 is 9.59 Å². The average Bonchev–Trinajstić information content (AvgIpc) is 3.77. The van der Waals surface area contributed by atoms with Gasteiger partial charge in [-0.15, -0.1) is 24.8 Å². The molecule has 0 radical (unpaired) electrons. The number of ketones is 2. The summed E-state index contributed by atoms with van der Waals surface area (Å²) in [6, 6.07) is 32.3. The fraction of sp³-hybridized carbons (Fsp3) is 0.200. The second kappa shape index (κ2) is 12.2. The number of nitrogens with zero attached hydrogens (tertiary/aromatic N) is 3. The average molecular weight is 566 g/mol. The van der Waals surface area contributed by atoms with E-state index in [9.17, 15) is 9.59 Å². The molecule has 0 spiro atoms. The van der Waals surface area contributed by atoms with Crippen molar-refractivity contribution in [1.29, 1.82) is 0 Å². The molecule has 8 heteroatoms. The lowest BCUT2D eigenvalue weighted by Gasteiger charge is -2.21. The third-order valence-corrected chi connectivity index (χ3v) is 8.97. The highest BCUT2D eigenvalue weighted by Gasteiger charge is 2.43. The third-order valence-electron chi connectivity index (χ3n) is 6.53. The van der Waals surface area contributed by atoms with Crippen LogP contribution in [0.2, 0.25) is 0 Å². The van der Waals surface area contributed by atoms with Gasteiger partial charge in [0.2, 0.25) is 11.6 Å². The summed E-state index contributed by atoms with van der Waals surface area (Å²) >= 11 is 0. The number of allylic oxidation sites excluding steroid dienone is 1. The van der Waals surface area contributed by atoms with Crippen LogP contribution in [0.1, 0.15) is 0 Å². The Bertz CT molecular complexity index is 1240. The molecule has 3 aromatic carbocycles. The summed E-state index contributed by atoms with van der Waals surface area (Å²) in [4.78, 5) is 30.5. The van der Waals surface area contributed by atoms with E-state index in [1.165, 1.54) is 22.0 Å². The van der Waals surface area contributed by atoms with Crippen LogP contribution in [0.4, 0.5) is 0 Å². The number of halogens is 2. The van der Waals surface area contributed by atoms with Gasteiger partial charge in [-0.2, -0.15) is 0 Å². The second-order valence-corrected chi connectivity index (χ2v) is 11.4. The Morgan fingerprint density at radius 3 is 1.24 bits per heavy atom. The Balaban J connectivity index is 0.000000169. The van der Waals surface area contributed by atoms with Crippen LogP contribution in [0.15, 0.2) is 114 Å². The fourth-order valence-corrected chi connectivity index (χ4v) is 6.76. The van der Waals surface area contributed by atoms with Crippen molar-refractivity contribution in [3.8, 4) is 0 Å². The van der Waals surface area contributed by atoms with E-state index in [0.717, 1.165) is 39.3 Å². The van der Waals surface area contributed by atoms with Crippen molar-refractivity contribution in [3.63, 3.8) is 0 Å². The lowest BCUT2D eigenvalue weighted by atomic mass is 10.0. The lowest BCUT2D eigenvalue weighted by molar-refractivity contribution is -0.117. The van der Waals surface area contributed by atoms with E-state index in [1.54, 1.807) is 0 Å². The van der Waals surface area contributed by atoms with E-state index < -0.39 is 7.92 Å². The van der Waals surface area contributed by atoms with Gasteiger partial charge >= 0.3 is 0 Å². The number of carbonyl (C=O) groups excluding carboxylic acids is 2. The highest BCUT2D eigenvalue weighted by molar-refractivity contribution is 7.79. The van der Waals surface area contributed by atoms with Gasteiger partial charge in [-0.3, -0.25) is 9.59 Å². The minimum absolute atomic E-state index is 0. The number of Topliss-reactive ketones (excluding diaryl/α,β-unsaturated/α-hetero) is 1. The molecule has 0 unspecified atom stereocenters. The van der Waals surface area contributed by atoms with Crippen molar-refractivity contribution >= 4 is 60.2 Å². The molecule has 0 N–H and O–H groups in total. The van der Waals surface area contributed by atoms with Crippen LogP contribution in [-0.2, 0) is 9.59 Å². The first-order valence-corrected chi connectivity index (χ1v) is 13.8. The monoisotopic (exact) mass is 565 g/mol. The smallest absolute Gasteiger partial charge is 0.227 e. The molecule has 0 aromatic heterocycles. The summed E-state index contributed by atoms with van der Waals surface area (Å²) in [5.74, 6) is 0.0485. The Hall–Kier alpha value is -3.11. The molecule has 3 fully saturated rings. The molecule has 0 amide bonds. The van der Waals surface area contributed by atoms with Crippen molar-refractivity contribution in [3.05, 3.63) is 114 Å². The van der Waals surface area contributed by atoms with Gasteiger partial charge in [-0.1, -0.05) is 91.0 Å². The molecular weight excluding hydrogens is 536 g/mol. The van der Waals surface area contributed by atoms with E-state index in [1.807, 2.05) is 14.7 Å². The maximum absolute atomic E-state index is 12.4. The number of hydrogen-bond donors (Lipinski definition) is 0. The van der Waals surface area contributed by atoms with Crippen LogP contribution in [0, 0.1) is 0 Å². The Labute approximate surface area is 237 Å². The van der Waals surface area contributed by atoms with E-state index in [4.69, 9.17) is 0 Å². The molecule has 3 aromatic rings. The predicted octanol–water partition coefficient (Wildman–Crippen LogP) is 3.47. The summed E-state index contributed by atoms with van der Waals surface area (Å²) in [5, 5.41) is 4.19. The standard InChI is InChI=1S/C18H15P.C12H13N3O2.2ClH/c1-4-10-16(11-5-1)19(17-12-6-2-7-13-17)18-14-8-3-9-15-18;16-9-7-8(13-1-2-13)12(17)11(15-5-6-15)10(9)14-3-4-14;;/h1-15H;7H,1-6H2;2*1H. The van der Waals surface area contributed by atoms with Gasteiger partial charge in [-0.05, 0) is 23.8 Å². The molecule has 7 rings (SSSR count). The largest absolute Gasteiger partial charge is 0.365 e. The minimum atomic E-state index is -0.446. The van der Waals surface area contributed by atoms with Crippen molar-refractivity contribution in [2.24, 2.45) is 0 Å². The van der Waals surface area contributed by atoms with E-state index in [0.29, 0.717) is 17.1 Å². The zero-order valence-corrected chi connectivity index (χ0v) is 23.4. The highest BCUT2D eigenvalue weighted by atomic mass is 35.5. The highest BCUT2D eigenvalue weighted by Crippen LogP contribution is 2.34. The van der Waals surface area contributed by atoms with E-state index in [2.05, 4.69) is 91.0 Å². The fourth-order valence-electron chi connectivity index (χ4n) is 4.45. The first-order chi connectivity index (χ1) is 17.7. The molecule has 196 valence electrons. The summed E-state index contributed by atoms with van der Waals surface area (Å²) < 4.78 is 0. The topological polar surface area (TPSA) is 43.2 Å². The number of rotatable bonds is 6. The van der Waals surface area contributed by atoms with E-state index in [-0.39, 0.29) is 36.4 Å². The number of hydrogen-bond acceptors (Lipinski definition) is 5. The molecular formula is C30H30Cl2N3O2P. The van der Waals surface area contributed by atoms with Crippen molar-refractivity contribution in [2.45, 2.75) is 0 Å². The van der Waals surface area contributed by atoms with Crippen LogP contribution in [0.5, 0.6) is 0 Å². The van der Waals surface area contributed by atoms with Gasteiger partial charge in [0.15, 0.2) is 0 Å². The molecule has 3 heterocycles. The Morgan fingerprint density at radius 1 is 0.500 bits per heavy atom. The molecule has 5 nitrogen and oxygen atoms in total. The van der Waals surface area contributed by atoms with Crippen LogP contribution in [0.25, 0.3) is 0 Å². The zero-order valence-electron chi connectivity index (χ0n) is 20.9. The summed E-state index contributed by atoms with van der Waals surface area (Å²) in [5.41, 5.74) is 1.89. The minimum Gasteiger partial charge on any atom is -0.365 e. The van der Waals surface area contributed by atoms with Crippen molar-refractivity contribution in [1.82, 2.24) is 14.7 Å². The van der Waals surface area contributed by atoms with Crippen LogP contribution in [-0.4, -0.2) is 65.5 Å². The second-order valence-electron chi connectivity index (χ2n) is 9.22. The summed E-state index contributed by atoms with van der Waals surface area (Å²) in [6.07, 6.45) is 1.52. The number of benzene rings is 3. The summed E-state index contributed by atoms with van der Waals surface area (Å²) in [7, 11) is -0.446. The SMILES string of the molecule is Cl.Cl.O=C1C=C(N2CC2)C(=O)C(N2CC2)=C1N1CC1.c1ccc(P(c2ccccc2)c2ccccc2)cc1. The Morgan fingerprint density at radius 2 is 0.868 bits per heavy atom. The van der Waals surface area contributed by atoms with Gasteiger partial charge < -0.3 is 14.7 Å². The zero-order chi connectivity index (χ0) is 24.5.